The Bertz CT molecular complexity index is 507. The molecule has 0 unspecified atom stereocenters. The highest BCUT2D eigenvalue weighted by Crippen LogP contribution is 2.39. The predicted molar refractivity (Wildman–Crippen MR) is 76.2 cm³/mol. The Kier molecular flexibility index (Phi) is 4.00. The number of carboxylic acids is 1. The van der Waals surface area contributed by atoms with Crippen molar-refractivity contribution >= 4 is 11.9 Å². The summed E-state index contributed by atoms with van der Waals surface area (Å²) in [5.74, 6) is -1.04. The monoisotopic (exact) mass is 276 g/mol. The summed E-state index contributed by atoms with van der Waals surface area (Å²) in [6.45, 7) is 0. The van der Waals surface area contributed by atoms with Crippen LogP contribution >= 0.6 is 0 Å². The number of benzene rings is 1. The largest absolute Gasteiger partial charge is 0.481 e. The number of aliphatic carboxylic acids is 1. The normalized spacial score (nSPS) is 18.1. The van der Waals surface area contributed by atoms with Gasteiger partial charge < -0.3 is 10.8 Å². The fraction of sp³-hybridized carbons (Fsp3) is 0.500. The van der Waals surface area contributed by atoms with Gasteiger partial charge in [0.1, 0.15) is 0 Å². The van der Waals surface area contributed by atoms with Crippen LogP contribution in [0, 0.1) is 5.41 Å². The molecule has 4 heteroatoms. The molecule has 20 heavy (non-hydrogen) atoms. The molecule has 1 aromatic carbocycles. The number of hydrogen-bond acceptors (Lipinski definition) is 2. The molecule has 108 valence electrons. The maximum absolute atomic E-state index is 11.7. The molecule has 0 aliphatic heterocycles. The first-order chi connectivity index (χ1) is 10.1. The summed E-state index contributed by atoms with van der Waals surface area (Å²) in [6.07, 6.45) is 5.29. The highest BCUT2D eigenvalue weighted by Gasteiger charge is 2.39. The molecule has 1 amide bonds. The number of rotatable bonds is 5. The van der Waals surface area contributed by atoms with Crippen molar-refractivity contribution in [1.82, 2.24) is 0 Å². The Labute approximate surface area is 120 Å². The van der Waals surface area contributed by atoms with Crippen LogP contribution in [0.2, 0.25) is 1.41 Å². The quantitative estimate of drug-likeness (QED) is 0.865. The second-order valence-electron chi connectivity index (χ2n) is 5.74. The maximum Gasteiger partial charge on any atom is 0.309 e. The van der Waals surface area contributed by atoms with Crippen molar-refractivity contribution in [1.29, 1.82) is 0 Å². The standard InChI is InChI=1S/C16H21NO3/c17-14(18)10-12-4-6-13(7-5-12)11-16(15(19)20)8-2-1-3-9-16/h4-7H,1-3,8-11H2,(H2,17,18)(H,19,20)/i/hD. The lowest BCUT2D eigenvalue weighted by Crippen LogP contribution is -2.35. The van der Waals surface area contributed by atoms with Gasteiger partial charge in [0, 0.05) is 0 Å². The van der Waals surface area contributed by atoms with E-state index in [1.165, 1.54) is 0 Å². The van der Waals surface area contributed by atoms with E-state index in [-0.39, 0.29) is 12.3 Å². The molecule has 0 heterocycles. The molecule has 0 aromatic heterocycles. The van der Waals surface area contributed by atoms with Gasteiger partial charge in [0.05, 0.1) is 11.8 Å². The van der Waals surface area contributed by atoms with Crippen LogP contribution < -0.4 is 5.73 Å². The third-order valence-electron chi connectivity index (χ3n) is 4.19. The first-order valence-electron chi connectivity index (χ1n) is 7.57. The molecule has 4 nitrogen and oxygen atoms in total. The number of nitrogens with two attached hydrogens (primary N) is 1. The van der Waals surface area contributed by atoms with Crippen molar-refractivity contribution in [3.8, 4) is 0 Å². The van der Waals surface area contributed by atoms with E-state index in [0.717, 1.165) is 43.2 Å². The minimum Gasteiger partial charge on any atom is -0.481 e. The van der Waals surface area contributed by atoms with Crippen LogP contribution in [0.25, 0.3) is 0 Å². The maximum atomic E-state index is 11.7. The van der Waals surface area contributed by atoms with Gasteiger partial charge in [0.15, 0.2) is 1.41 Å². The minimum absolute atomic E-state index is 0.174. The molecule has 0 saturated heterocycles. The van der Waals surface area contributed by atoms with E-state index in [1.54, 1.807) is 0 Å². The van der Waals surface area contributed by atoms with Crippen molar-refractivity contribution in [2.75, 3.05) is 0 Å². The van der Waals surface area contributed by atoms with Gasteiger partial charge in [-0.3, -0.25) is 9.59 Å². The fourth-order valence-electron chi connectivity index (χ4n) is 3.05. The molecule has 1 aliphatic carbocycles. The topological polar surface area (TPSA) is 80.4 Å². The van der Waals surface area contributed by atoms with E-state index < -0.39 is 11.4 Å². The zero-order valence-electron chi connectivity index (χ0n) is 12.5. The molecule has 0 atom stereocenters. The van der Waals surface area contributed by atoms with Gasteiger partial charge in [-0.1, -0.05) is 43.5 Å². The van der Waals surface area contributed by atoms with Crippen LogP contribution in [0.4, 0.5) is 0 Å². The number of carboxylic acid groups (broad SMARTS) is 1. The molecule has 1 aliphatic rings. The Hall–Kier alpha value is -1.84. The lowest BCUT2D eigenvalue weighted by molar-refractivity contribution is -0.151. The second-order valence-corrected chi connectivity index (χ2v) is 5.74. The van der Waals surface area contributed by atoms with Crippen LogP contribution in [-0.4, -0.2) is 17.0 Å². The Balaban J connectivity index is 2.07. The fourth-order valence-corrected chi connectivity index (χ4v) is 3.05. The van der Waals surface area contributed by atoms with E-state index in [1.807, 2.05) is 30.0 Å². The molecule has 0 bridgehead atoms. The molecule has 0 spiro atoms. The van der Waals surface area contributed by atoms with Gasteiger partial charge >= 0.3 is 5.97 Å². The minimum atomic E-state index is -0.695. The van der Waals surface area contributed by atoms with Crippen LogP contribution in [0.15, 0.2) is 24.3 Å². The Morgan fingerprint density at radius 3 is 2.30 bits per heavy atom. The first kappa shape index (κ1) is 13.2. The van der Waals surface area contributed by atoms with Crippen LogP contribution in [-0.2, 0) is 22.4 Å². The zero-order valence-corrected chi connectivity index (χ0v) is 11.5. The summed E-state index contributed by atoms with van der Waals surface area (Å²) < 4.78 is 6.78. The van der Waals surface area contributed by atoms with Crippen molar-refractivity contribution < 1.29 is 16.1 Å². The number of primary amides is 1. The van der Waals surface area contributed by atoms with E-state index >= 15 is 0 Å². The summed E-state index contributed by atoms with van der Waals surface area (Å²) in [5.41, 5.74) is 3.05. The van der Waals surface area contributed by atoms with Crippen molar-refractivity contribution in [3.63, 3.8) is 0 Å². The van der Waals surface area contributed by atoms with Gasteiger partial charge in [-0.2, -0.15) is 0 Å². The van der Waals surface area contributed by atoms with Crippen molar-refractivity contribution in [2.24, 2.45) is 11.1 Å². The molecule has 2 rings (SSSR count). The molecule has 1 aromatic rings. The lowest BCUT2D eigenvalue weighted by atomic mass is 9.70. The van der Waals surface area contributed by atoms with Gasteiger partial charge in [-0.25, -0.2) is 0 Å². The first-order valence-corrected chi connectivity index (χ1v) is 7.07. The highest BCUT2D eigenvalue weighted by atomic mass is 16.4. The lowest BCUT2D eigenvalue weighted by Gasteiger charge is -2.33. The van der Waals surface area contributed by atoms with Crippen LogP contribution in [0.3, 0.4) is 0 Å². The van der Waals surface area contributed by atoms with E-state index in [4.69, 9.17) is 1.41 Å². The molecular formula is C16H21NO3. The van der Waals surface area contributed by atoms with Gasteiger partial charge in [-0.05, 0) is 30.4 Å². The number of amides is 1. The molecule has 0 radical (unpaired) electrons. The third kappa shape index (κ3) is 3.38. The zero-order chi connectivity index (χ0) is 15.3. The van der Waals surface area contributed by atoms with E-state index in [9.17, 15) is 14.7 Å². The third-order valence-corrected chi connectivity index (χ3v) is 4.19. The number of carbonyl (C=O) groups is 2. The van der Waals surface area contributed by atoms with Gasteiger partial charge in [0.2, 0.25) is 5.91 Å². The van der Waals surface area contributed by atoms with Crippen LogP contribution in [0.5, 0.6) is 0 Å². The van der Waals surface area contributed by atoms with E-state index in [2.05, 4.69) is 0 Å². The van der Waals surface area contributed by atoms with Gasteiger partial charge in [-0.15, -0.1) is 0 Å². The smallest absolute Gasteiger partial charge is 0.309 e. The number of carbonyl (C=O) groups excluding carboxylic acids is 1. The molecule has 3 N–H and O–H groups in total. The predicted octanol–water partition coefficient (Wildman–Crippen LogP) is 2.29. The SMILES string of the molecule is [2H]NC(=O)Cc1ccc(CC2(C(=O)O)CCCCC2)cc1. The summed E-state index contributed by atoms with van der Waals surface area (Å²) in [4.78, 5) is 22.8. The van der Waals surface area contributed by atoms with Gasteiger partial charge in [0.25, 0.3) is 0 Å². The Morgan fingerprint density at radius 2 is 1.75 bits per heavy atom. The molecule has 1 saturated carbocycles. The number of hydrogen-bond donors (Lipinski definition) is 2. The van der Waals surface area contributed by atoms with E-state index in [0.29, 0.717) is 6.42 Å². The van der Waals surface area contributed by atoms with Crippen molar-refractivity contribution in [3.05, 3.63) is 35.4 Å². The Morgan fingerprint density at radius 1 is 1.15 bits per heavy atom. The summed E-state index contributed by atoms with van der Waals surface area (Å²) in [5, 5.41) is 9.58. The summed E-state index contributed by atoms with van der Waals surface area (Å²) in [7, 11) is 0. The van der Waals surface area contributed by atoms with Crippen molar-refractivity contribution in [2.45, 2.75) is 44.9 Å². The second kappa shape index (κ2) is 6.07. The van der Waals surface area contributed by atoms with Crippen LogP contribution in [0.1, 0.15) is 43.2 Å². The average molecular weight is 276 g/mol. The molecule has 1 fully saturated rings. The summed E-state index contributed by atoms with van der Waals surface area (Å²) in [6, 6.07) is 7.46. The highest BCUT2D eigenvalue weighted by molar-refractivity contribution is 5.76. The summed E-state index contributed by atoms with van der Waals surface area (Å²) >= 11 is 0. The average Bonchev–Trinajstić information content (AvgIpc) is 2.50. The molecular weight excluding hydrogens is 254 g/mol.